The number of alkyl halides is 3. The van der Waals surface area contributed by atoms with E-state index in [9.17, 15) is 31.8 Å². The fourth-order valence-corrected chi connectivity index (χ4v) is 4.60. The molecule has 0 bridgehead atoms. The number of sulfonamides is 1. The summed E-state index contributed by atoms with van der Waals surface area (Å²) in [4.78, 5) is 6.54. The van der Waals surface area contributed by atoms with Gasteiger partial charge in [-0.25, -0.2) is 18.2 Å². The van der Waals surface area contributed by atoms with Crippen molar-refractivity contribution in [2.45, 2.75) is 22.8 Å². The van der Waals surface area contributed by atoms with Crippen molar-refractivity contribution < 1.29 is 41.3 Å². The first kappa shape index (κ1) is 25.2. The summed E-state index contributed by atoms with van der Waals surface area (Å²) in [7, 11) is -4.23. The van der Waals surface area contributed by atoms with Crippen LogP contribution in [0.15, 0.2) is 41.4 Å². The highest BCUT2D eigenvalue weighted by Gasteiger charge is 2.51. The number of rotatable bonds is 7. The fourth-order valence-electron chi connectivity index (χ4n) is 3.15. The van der Waals surface area contributed by atoms with Gasteiger partial charge in [-0.3, -0.25) is 0 Å². The highest BCUT2D eigenvalue weighted by molar-refractivity contribution is 7.89. The molecule has 0 radical (unpaired) electrons. The van der Waals surface area contributed by atoms with Gasteiger partial charge in [0, 0.05) is 12.7 Å². The lowest BCUT2D eigenvalue weighted by Gasteiger charge is -2.28. The lowest BCUT2D eigenvalue weighted by molar-refractivity contribution is -0.153. The average molecular weight is 498 g/mol. The molecule has 1 aromatic carbocycles. The van der Waals surface area contributed by atoms with E-state index in [4.69, 9.17) is 21.3 Å². The normalized spacial score (nSPS) is 21.0. The molecule has 1 fully saturated rings. The van der Waals surface area contributed by atoms with Crippen LogP contribution in [0, 0.1) is 17.9 Å². The molecule has 1 saturated heterocycles. The molecule has 2 aromatic rings. The van der Waals surface area contributed by atoms with Crippen LogP contribution < -0.4 is 9.47 Å². The molecule has 10 nitrogen and oxygen atoms in total. The second kappa shape index (κ2) is 9.44. The Balaban J connectivity index is 1.89. The van der Waals surface area contributed by atoms with Crippen molar-refractivity contribution in [1.82, 2.24) is 9.29 Å². The molecule has 2 N–H and O–H groups in total. The van der Waals surface area contributed by atoms with E-state index < -0.39 is 60.0 Å². The van der Waals surface area contributed by atoms with E-state index in [2.05, 4.69) is 9.83 Å². The Bertz CT molecular complexity index is 1240. The van der Waals surface area contributed by atoms with Crippen molar-refractivity contribution >= 4 is 15.7 Å². The van der Waals surface area contributed by atoms with Crippen LogP contribution >= 0.6 is 0 Å². The number of hydrogen-bond acceptors (Lipinski definition) is 8. The first-order chi connectivity index (χ1) is 15.9. The van der Waals surface area contributed by atoms with Gasteiger partial charge < -0.3 is 19.7 Å². The number of hydrogen-bond donors (Lipinski definition) is 2. The number of halogens is 3. The SMILES string of the molecule is [C-]#[N+]c1ccc(O[C@H]2CN(S(=O)(=O)c3ccc(C#N)nc3)C[C@@]2(O)CO)c(OCC(F)(F)F)c1. The molecular weight excluding hydrogens is 481 g/mol. The number of β-amino-alcohol motifs (C(OH)–C–C–N with tert-alkyl or cyclic N) is 1. The topological polar surface area (TPSA) is 137 Å². The summed E-state index contributed by atoms with van der Waals surface area (Å²) in [6.07, 6.45) is -5.11. The number of aliphatic hydroxyl groups excluding tert-OH is 1. The van der Waals surface area contributed by atoms with Crippen molar-refractivity contribution in [3.63, 3.8) is 0 Å². The highest BCUT2D eigenvalue weighted by atomic mass is 32.2. The molecular formula is C20H17F3N4O6S. The summed E-state index contributed by atoms with van der Waals surface area (Å²) >= 11 is 0. The second-order valence-corrected chi connectivity index (χ2v) is 9.24. The van der Waals surface area contributed by atoms with Crippen molar-refractivity contribution in [2.24, 2.45) is 0 Å². The van der Waals surface area contributed by atoms with E-state index in [-0.39, 0.29) is 22.0 Å². The Morgan fingerprint density at radius 2 is 2.06 bits per heavy atom. The average Bonchev–Trinajstić information content (AvgIpc) is 3.15. The number of aliphatic hydroxyl groups is 2. The number of aromatic nitrogens is 1. The number of pyridine rings is 1. The molecule has 0 saturated carbocycles. The Kier molecular flexibility index (Phi) is 6.99. The summed E-state index contributed by atoms with van der Waals surface area (Å²) in [5, 5.41) is 29.4. The van der Waals surface area contributed by atoms with Crippen molar-refractivity contribution in [2.75, 3.05) is 26.3 Å². The standard InChI is InChI=1S/C20H17F3N4O6S/c1-25-13-3-5-16(17(6-13)32-12-20(21,22)23)33-18-9-27(10-19(18,29)11-28)34(30,31)15-4-2-14(7-24)26-8-15/h2-6,8,18,28-29H,9-12H2/t18-,19+/m0/s1. The lowest BCUT2D eigenvalue weighted by atomic mass is 10.0. The molecule has 34 heavy (non-hydrogen) atoms. The third kappa shape index (κ3) is 5.37. The van der Waals surface area contributed by atoms with Gasteiger partial charge in [0.2, 0.25) is 10.0 Å². The second-order valence-electron chi connectivity index (χ2n) is 7.30. The van der Waals surface area contributed by atoms with Crippen LogP contribution in [0.4, 0.5) is 18.9 Å². The van der Waals surface area contributed by atoms with E-state index in [0.29, 0.717) is 0 Å². The number of nitrogens with zero attached hydrogens (tertiary/aromatic N) is 4. The summed E-state index contributed by atoms with van der Waals surface area (Å²) in [6, 6.07) is 7.50. The molecule has 1 aliphatic heterocycles. The van der Waals surface area contributed by atoms with E-state index in [1.807, 2.05) is 0 Å². The van der Waals surface area contributed by atoms with Crippen molar-refractivity contribution in [1.29, 1.82) is 5.26 Å². The monoisotopic (exact) mass is 498 g/mol. The van der Waals surface area contributed by atoms with E-state index in [1.54, 1.807) is 6.07 Å². The predicted molar refractivity (Wildman–Crippen MR) is 108 cm³/mol. The van der Waals surface area contributed by atoms with Gasteiger partial charge in [0.15, 0.2) is 23.8 Å². The van der Waals surface area contributed by atoms with Crippen LogP contribution in [0.5, 0.6) is 11.5 Å². The molecule has 14 heteroatoms. The molecule has 2 atom stereocenters. The van der Waals surface area contributed by atoms with Gasteiger partial charge in [-0.2, -0.15) is 22.7 Å². The molecule has 1 aromatic heterocycles. The summed E-state index contributed by atoms with van der Waals surface area (Å²) in [6.45, 7) is 3.37. The van der Waals surface area contributed by atoms with Crippen LogP contribution in [-0.4, -0.2) is 72.1 Å². The molecule has 0 amide bonds. The van der Waals surface area contributed by atoms with Gasteiger partial charge in [0.1, 0.15) is 28.4 Å². The van der Waals surface area contributed by atoms with Gasteiger partial charge in [0.25, 0.3) is 0 Å². The first-order valence-corrected chi connectivity index (χ1v) is 10.9. The van der Waals surface area contributed by atoms with Crippen LogP contribution in [-0.2, 0) is 10.0 Å². The van der Waals surface area contributed by atoms with Gasteiger partial charge in [0.05, 0.1) is 19.7 Å². The minimum absolute atomic E-state index is 0.0114. The minimum atomic E-state index is -4.68. The smallest absolute Gasteiger partial charge is 0.422 e. The molecule has 0 unspecified atom stereocenters. The number of ether oxygens (including phenoxy) is 2. The molecule has 2 heterocycles. The Morgan fingerprint density at radius 3 is 2.62 bits per heavy atom. The Hall–Kier alpha value is -3.43. The molecule has 0 aliphatic carbocycles. The maximum atomic E-state index is 13.0. The summed E-state index contributed by atoms with van der Waals surface area (Å²) in [5.41, 5.74) is -2.15. The van der Waals surface area contributed by atoms with E-state index in [1.165, 1.54) is 12.1 Å². The molecule has 3 rings (SSSR count). The maximum Gasteiger partial charge on any atom is 0.422 e. The number of nitriles is 1. The van der Waals surface area contributed by atoms with Gasteiger partial charge in [-0.05, 0) is 24.3 Å². The highest BCUT2D eigenvalue weighted by Crippen LogP contribution is 2.37. The van der Waals surface area contributed by atoms with Crippen LogP contribution in [0.2, 0.25) is 0 Å². The van der Waals surface area contributed by atoms with Crippen LogP contribution in [0.3, 0.4) is 0 Å². The Labute approximate surface area is 192 Å². The minimum Gasteiger partial charge on any atom is -0.482 e. The Morgan fingerprint density at radius 1 is 1.32 bits per heavy atom. The first-order valence-electron chi connectivity index (χ1n) is 9.49. The fraction of sp³-hybridized carbons (Fsp3) is 0.350. The molecule has 1 aliphatic rings. The zero-order valence-corrected chi connectivity index (χ0v) is 18.0. The van der Waals surface area contributed by atoms with E-state index in [0.717, 1.165) is 28.7 Å². The summed E-state index contributed by atoms with van der Waals surface area (Å²) in [5.74, 6) is -0.725. The number of benzene rings is 1. The third-order valence-corrected chi connectivity index (χ3v) is 6.69. The predicted octanol–water partition coefficient (Wildman–Crippen LogP) is 1.62. The maximum absolute atomic E-state index is 13.0. The van der Waals surface area contributed by atoms with E-state index >= 15 is 0 Å². The van der Waals surface area contributed by atoms with Gasteiger partial charge in [-0.15, -0.1) is 0 Å². The van der Waals surface area contributed by atoms with Crippen LogP contribution in [0.1, 0.15) is 5.69 Å². The zero-order valence-electron chi connectivity index (χ0n) is 17.2. The van der Waals surface area contributed by atoms with Crippen molar-refractivity contribution in [3.8, 4) is 17.6 Å². The molecule has 0 spiro atoms. The van der Waals surface area contributed by atoms with Gasteiger partial charge >= 0.3 is 6.18 Å². The van der Waals surface area contributed by atoms with Gasteiger partial charge in [-0.1, -0.05) is 6.07 Å². The van der Waals surface area contributed by atoms with Crippen molar-refractivity contribution in [3.05, 3.63) is 53.6 Å². The lowest BCUT2D eigenvalue weighted by Crippen LogP contribution is -2.48. The zero-order chi connectivity index (χ0) is 25.1. The third-order valence-electron chi connectivity index (χ3n) is 4.90. The summed E-state index contributed by atoms with van der Waals surface area (Å²) < 4.78 is 75.0. The molecule has 180 valence electrons. The van der Waals surface area contributed by atoms with Crippen LogP contribution in [0.25, 0.3) is 4.85 Å². The quantitative estimate of drug-likeness (QED) is 0.550. The largest absolute Gasteiger partial charge is 0.482 e.